The number of benzene rings is 2. The molecule has 0 amide bonds. The number of nitro groups is 1. The second-order valence-electron chi connectivity index (χ2n) is 6.43. The highest BCUT2D eigenvalue weighted by Gasteiger charge is 2.31. The largest absolute Gasteiger partial charge is 0.416 e. The predicted molar refractivity (Wildman–Crippen MR) is 111 cm³/mol. The summed E-state index contributed by atoms with van der Waals surface area (Å²) in [4.78, 5) is 25.7. The first-order chi connectivity index (χ1) is 14.6. The Morgan fingerprint density at radius 3 is 2.39 bits per heavy atom. The number of nitro benzene ring substituents is 1. The summed E-state index contributed by atoms with van der Waals surface area (Å²) in [7, 11) is 0. The number of alkyl halides is 3. The molecule has 2 aromatic carbocycles. The maximum atomic E-state index is 13.0. The standard InChI is InChI=1S/C19H13F3N6O2S/c1-10-24-16(23)15-17(25-10)31-18(26-15)27(13-4-2-3-5-14(13)28(29)30)12-8-6-11(7-9-12)19(20,21)22/h2-9H,1H3,(H2,23,24,25). The Kier molecular flexibility index (Phi) is 4.93. The van der Waals surface area contributed by atoms with Crippen LogP contribution in [0.3, 0.4) is 0 Å². The molecule has 0 saturated heterocycles. The van der Waals surface area contributed by atoms with Gasteiger partial charge in [0.15, 0.2) is 15.8 Å². The van der Waals surface area contributed by atoms with Gasteiger partial charge in [0, 0.05) is 11.8 Å². The van der Waals surface area contributed by atoms with Crippen LogP contribution in [0.4, 0.5) is 41.2 Å². The van der Waals surface area contributed by atoms with E-state index in [0.717, 1.165) is 23.5 Å². The van der Waals surface area contributed by atoms with Gasteiger partial charge in [-0.25, -0.2) is 15.0 Å². The molecular weight excluding hydrogens is 433 g/mol. The summed E-state index contributed by atoms with van der Waals surface area (Å²) in [5, 5.41) is 11.9. The fourth-order valence-corrected chi connectivity index (χ4v) is 4.03. The van der Waals surface area contributed by atoms with Crippen LogP contribution >= 0.6 is 11.3 Å². The van der Waals surface area contributed by atoms with E-state index in [1.165, 1.54) is 35.2 Å². The molecule has 2 aromatic heterocycles. The molecule has 0 aliphatic rings. The number of anilines is 4. The van der Waals surface area contributed by atoms with Gasteiger partial charge in [0.2, 0.25) is 0 Å². The normalized spacial score (nSPS) is 11.6. The monoisotopic (exact) mass is 446 g/mol. The summed E-state index contributed by atoms with van der Waals surface area (Å²) in [5.74, 6) is 0.562. The van der Waals surface area contributed by atoms with Crippen molar-refractivity contribution in [2.45, 2.75) is 13.1 Å². The van der Waals surface area contributed by atoms with Crippen molar-refractivity contribution in [3.05, 3.63) is 70.0 Å². The summed E-state index contributed by atoms with van der Waals surface area (Å²) in [6.07, 6.45) is -4.51. The third kappa shape index (κ3) is 3.84. The zero-order valence-corrected chi connectivity index (χ0v) is 16.6. The highest BCUT2D eigenvalue weighted by molar-refractivity contribution is 7.22. The molecule has 31 heavy (non-hydrogen) atoms. The number of aryl methyl sites for hydroxylation is 1. The van der Waals surface area contributed by atoms with Crippen LogP contribution < -0.4 is 10.6 Å². The molecule has 12 heteroatoms. The topological polar surface area (TPSA) is 111 Å². The van der Waals surface area contributed by atoms with E-state index in [1.807, 2.05) is 0 Å². The summed E-state index contributed by atoms with van der Waals surface area (Å²) < 4.78 is 39.0. The third-order valence-electron chi connectivity index (χ3n) is 4.35. The van der Waals surface area contributed by atoms with Crippen molar-refractivity contribution in [1.82, 2.24) is 15.0 Å². The lowest BCUT2D eigenvalue weighted by molar-refractivity contribution is -0.384. The number of aromatic nitrogens is 3. The lowest BCUT2D eigenvalue weighted by Gasteiger charge is -2.22. The van der Waals surface area contributed by atoms with Crippen molar-refractivity contribution >= 4 is 49.7 Å². The first kappa shape index (κ1) is 20.5. The molecule has 0 aliphatic heterocycles. The van der Waals surface area contributed by atoms with E-state index in [4.69, 9.17) is 5.73 Å². The number of rotatable bonds is 4. The second-order valence-corrected chi connectivity index (χ2v) is 7.39. The van der Waals surface area contributed by atoms with Crippen LogP contribution in [-0.2, 0) is 6.18 Å². The van der Waals surface area contributed by atoms with Crippen molar-refractivity contribution in [1.29, 1.82) is 0 Å². The number of nitrogens with zero attached hydrogens (tertiary/aromatic N) is 5. The molecule has 0 saturated carbocycles. The van der Waals surface area contributed by atoms with E-state index in [1.54, 1.807) is 13.0 Å². The number of para-hydroxylation sites is 2. The number of halogens is 3. The van der Waals surface area contributed by atoms with Gasteiger partial charge >= 0.3 is 6.18 Å². The second kappa shape index (κ2) is 7.47. The van der Waals surface area contributed by atoms with Gasteiger partial charge in [-0.2, -0.15) is 13.2 Å². The molecule has 0 radical (unpaired) electrons. The molecule has 8 nitrogen and oxygen atoms in total. The molecule has 2 N–H and O–H groups in total. The summed E-state index contributed by atoms with van der Waals surface area (Å²) >= 11 is 1.09. The molecule has 158 valence electrons. The number of hydrogen-bond donors (Lipinski definition) is 1. The molecule has 0 spiro atoms. The van der Waals surface area contributed by atoms with Crippen molar-refractivity contribution < 1.29 is 18.1 Å². The molecule has 4 rings (SSSR count). The van der Waals surface area contributed by atoms with Gasteiger partial charge in [0.05, 0.1) is 10.5 Å². The van der Waals surface area contributed by atoms with E-state index in [-0.39, 0.29) is 28.0 Å². The van der Waals surface area contributed by atoms with Crippen LogP contribution in [0.5, 0.6) is 0 Å². The van der Waals surface area contributed by atoms with Crippen LogP contribution in [0.2, 0.25) is 0 Å². The highest BCUT2D eigenvalue weighted by Crippen LogP contribution is 2.43. The van der Waals surface area contributed by atoms with Gasteiger partial charge in [-0.05, 0) is 37.3 Å². The Morgan fingerprint density at radius 2 is 1.74 bits per heavy atom. The van der Waals surface area contributed by atoms with E-state index < -0.39 is 16.7 Å². The smallest absolute Gasteiger partial charge is 0.382 e. The number of thiazole rings is 1. The summed E-state index contributed by atoms with van der Waals surface area (Å²) in [6, 6.07) is 10.1. The average Bonchev–Trinajstić information content (AvgIpc) is 3.12. The van der Waals surface area contributed by atoms with E-state index in [9.17, 15) is 23.3 Å². The van der Waals surface area contributed by atoms with Crippen molar-refractivity contribution in [3.63, 3.8) is 0 Å². The SMILES string of the molecule is Cc1nc(N)c2nc(N(c3ccc(C(F)(F)F)cc3)c3ccccc3[N+](=O)[O-])sc2n1. The molecule has 0 unspecified atom stereocenters. The average molecular weight is 446 g/mol. The molecule has 0 aliphatic carbocycles. The predicted octanol–water partition coefficient (Wildman–Crippen LogP) is 5.37. The minimum Gasteiger partial charge on any atom is -0.382 e. The van der Waals surface area contributed by atoms with Crippen molar-refractivity contribution in [3.8, 4) is 0 Å². The van der Waals surface area contributed by atoms with Gasteiger partial charge in [-0.3, -0.25) is 15.0 Å². The number of hydrogen-bond acceptors (Lipinski definition) is 8. The molecule has 4 aromatic rings. The zero-order chi connectivity index (χ0) is 22.3. The quantitative estimate of drug-likeness (QED) is 0.331. The minimum atomic E-state index is -4.51. The van der Waals surface area contributed by atoms with Gasteiger partial charge in [-0.15, -0.1) is 0 Å². The van der Waals surface area contributed by atoms with Crippen molar-refractivity contribution in [2.24, 2.45) is 0 Å². The molecule has 0 fully saturated rings. The summed E-state index contributed by atoms with van der Waals surface area (Å²) in [5.41, 5.74) is 5.55. The van der Waals surface area contributed by atoms with Gasteiger partial charge in [0.25, 0.3) is 5.69 Å². The van der Waals surface area contributed by atoms with Gasteiger partial charge in [0.1, 0.15) is 17.0 Å². The number of nitrogen functional groups attached to an aromatic ring is 1. The van der Waals surface area contributed by atoms with E-state index in [0.29, 0.717) is 16.2 Å². The Labute approximate surface area is 177 Å². The first-order valence-corrected chi connectivity index (χ1v) is 9.58. The highest BCUT2D eigenvalue weighted by atomic mass is 32.1. The van der Waals surface area contributed by atoms with Crippen LogP contribution in [0.25, 0.3) is 10.3 Å². The summed E-state index contributed by atoms with van der Waals surface area (Å²) in [6.45, 7) is 1.66. The lowest BCUT2D eigenvalue weighted by atomic mass is 10.1. The maximum absolute atomic E-state index is 13.0. The maximum Gasteiger partial charge on any atom is 0.416 e. The Hall–Kier alpha value is -3.80. The number of nitrogens with two attached hydrogens (primary N) is 1. The van der Waals surface area contributed by atoms with Gasteiger partial charge < -0.3 is 5.73 Å². The molecule has 0 bridgehead atoms. The fraction of sp³-hybridized carbons (Fsp3) is 0.105. The molecular formula is C19H13F3N6O2S. The van der Waals surface area contributed by atoms with E-state index >= 15 is 0 Å². The Bertz CT molecular complexity index is 1290. The van der Waals surface area contributed by atoms with Crippen LogP contribution in [0.1, 0.15) is 11.4 Å². The molecule has 0 atom stereocenters. The zero-order valence-electron chi connectivity index (χ0n) is 15.8. The van der Waals surface area contributed by atoms with Crippen LogP contribution in [0.15, 0.2) is 48.5 Å². The Balaban J connectivity index is 1.94. The van der Waals surface area contributed by atoms with Crippen LogP contribution in [0, 0.1) is 17.0 Å². The lowest BCUT2D eigenvalue weighted by Crippen LogP contribution is -2.12. The molecule has 2 heterocycles. The van der Waals surface area contributed by atoms with Gasteiger partial charge in [-0.1, -0.05) is 23.5 Å². The fourth-order valence-electron chi connectivity index (χ4n) is 3.00. The van der Waals surface area contributed by atoms with Crippen LogP contribution in [-0.4, -0.2) is 19.9 Å². The van der Waals surface area contributed by atoms with E-state index in [2.05, 4.69) is 15.0 Å². The minimum absolute atomic E-state index is 0.134. The first-order valence-electron chi connectivity index (χ1n) is 8.76. The number of fused-ring (bicyclic) bond motifs is 1. The third-order valence-corrected chi connectivity index (χ3v) is 5.28. The van der Waals surface area contributed by atoms with Crippen molar-refractivity contribution in [2.75, 3.05) is 10.6 Å². The Morgan fingerprint density at radius 1 is 1.06 bits per heavy atom.